The summed E-state index contributed by atoms with van der Waals surface area (Å²) in [5, 5.41) is 2.80. The number of carbonyl (C=O) groups excluding carboxylic acids is 2. The minimum absolute atomic E-state index is 0.0558. The monoisotopic (exact) mass is 491 g/mol. The molecule has 2 amide bonds. The summed E-state index contributed by atoms with van der Waals surface area (Å²) in [6.07, 6.45) is 1.42. The summed E-state index contributed by atoms with van der Waals surface area (Å²) in [5.41, 5.74) is 1.89. The Kier molecular flexibility index (Phi) is 8.34. The van der Waals surface area contributed by atoms with Crippen LogP contribution in [0.4, 0.5) is 11.4 Å². The van der Waals surface area contributed by atoms with Crippen molar-refractivity contribution in [1.29, 1.82) is 0 Å². The van der Waals surface area contributed by atoms with E-state index in [1.165, 1.54) is 33.1 Å². The van der Waals surface area contributed by atoms with Gasteiger partial charge in [-0.25, -0.2) is 8.42 Å². The number of ether oxygens (including phenoxy) is 1. The topological polar surface area (TPSA) is 104 Å². The molecule has 10 nitrogen and oxygen atoms in total. The van der Waals surface area contributed by atoms with E-state index < -0.39 is 15.9 Å². The zero-order valence-electron chi connectivity index (χ0n) is 20.2. The highest BCUT2D eigenvalue weighted by Crippen LogP contribution is 2.20. The minimum atomic E-state index is -3.69. The predicted octanol–water partition coefficient (Wildman–Crippen LogP) is 1.60. The number of morpholine rings is 1. The summed E-state index contributed by atoms with van der Waals surface area (Å²) < 4.78 is 33.7. The minimum Gasteiger partial charge on any atom is -0.378 e. The number of sulfonamides is 1. The summed E-state index contributed by atoms with van der Waals surface area (Å²) in [7, 11) is -0.567. The number of likely N-dealkylation sites (N-methyl/N-ethyl adjacent to an activating group) is 1. The molecule has 1 aliphatic heterocycles. The quantitative estimate of drug-likeness (QED) is 0.572. The maximum atomic E-state index is 12.9. The lowest BCUT2D eigenvalue weighted by atomic mass is 10.2. The third kappa shape index (κ3) is 5.78. The maximum absolute atomic E-state index is 12.9. The van der Waals surface area contributed by atoms with Crippen LogP contribution in [0.25, 0.3) is 0 Å². The molecule has 3 rings (SSSR count). The van der Waals surface area contributed by atoms with E-state index in [1.54, 1.807) is 20.9 Å². The van der Waals surface area contributed by atoms with Crippen LogP contribution in [0.3, 0.4) is 0 Å². The summed E-state index contributed by atoms with van der Waals surface area (Å²) in [6.45, 7) is 7.08. The van der Waals surface area contributed by atoms with Crippen molar-refractivity contribution in [3.63, 3.8) is 0 Å². The number of carbonyl (C=O) groups is 2. The van der Waals surface area contributed by atoms with Gasteiger partial charge in [0.2, 0.25) is 15.9 Å². The molecule has 0 atom stereocenters. The number of benzene rings is 1. The van der Waals surface area contributed by atoms with E-state index in [4.69, 9.17) is 4.74 Å². The molecule has 34 heavy (non-hydrogen) atoms. The van der Waals surface area contributed by atoms with Crippen molar-refractivity contribution in [3.05, 3.63) is 42.2 Å². The highest BCUT2D eigenvalue weighted by atomic mass is 32.2. The summed E-state index contributed by atoms with van der Waals surface area (Å²) in [6, 6.07) is 8.89. The molecule has 0 bridgehead atoms. The van der Waals surface area contributed by atoms with Crippen LogP contribution in [0.5, 0.6) is 0 Å². The van der Waals surface area contributed by atoms with Gasteiger partial charge in [-0.3, -0.25) is 9.59 Å². The fourth-order valence-electron chi connectivity index (χ4n) is 3.86. The Balaban J connectivity index is 1.62. The standard InChI is InChI=1S/C23H33N5O5S/c1-5-28(6-2)34(31,32)20-15-21(25(3)16-20)23(30)26(4)17-22(29)24-18-7-9-19(10-8-18)27-11-13-33-14-12-27/h7-10,15-16H,5-6,11-14,17H2,1-4H3,(H,24,29). The molecule has 1 aliphatic rings. The van der Waals surface area contributed by atoms with E-state index in [1.807, 2.05) is 24.3 Å². The van der Waals surface area contributed by atoms with Crippen molar-refractivity contribution in [2.24, 2.45) is 7.05 Å². The molecule has 0 radical (unpaired) electrons. The molecule has 1 aromatic heterocycles. The van der Waals surface area contributed by atoms with E-state index in [9.17, 15) is 18.0 Å². The number of rotatable bonds is 9. The molecule has 0 saturated carbocycles. The van der Waals surface area contributed by atoms with Crippen molar-refractivity contribution >= 4 is 33.2 Å². The van der Waals surface area contributed by atoms with E-state index in [0.29, 0.717) is 32.0 Å². The molecule has 2 heterocycles. The first-order valence-corrected chi connectivity index (χ1v) is 12.8. The van der Waals surface area contributed by atoms with Crippen molar-refractivity contribution in [1.82, 2.24) is 13.8 Å². The van der Waals surface area contributed by atoms with Gasteiger partial charge >= 0.3 is 0 Å². The number of aromatic nitrogens is 1. The number of aryl methyl sites for hydroxylation is 1. The summed E-state index contributed by atoms with van der Waals surface area (Å²) >= 11 is 0. The Morgan fingerprint density at radius 1 is 1.09 bits per heavy atom. The van der Waals surface area contributed by atoms with Crippen LogP contribution in [0, 0.1) is 0 Å². The SMILES string of the molecule is CCN(CC)S(=O)(=O)c1cc(C(=O)N(C)CC(=O)Nc2ccc(N3CCOCC3)cc2)n(C)c1. The molecule has 11 heteroatoms. The number of hydrogen-bond donors (Lipinski definition) is 1. The highest BCUT2D eigenvalue weighted by Gasteiger charge is 2.26. The second-order valence-electron chi connectivity index (χ2n) is 8.12. The summed E-state index contributed by atoms with van der Waals surface area (Å²) in [5.74, 6) is -0.790. The van der Waals surface area contributed by atoms with Gasteiger partial charge in [0.05, 0.1) is 19.8 Å². The van der Waals surface area contributed by atoms with Gasteiger partial charge in [-0.05, 0) is 30.3 Å². The number of nitrogens with one attached hydrogen (secondary N) is 1. The molecule has 1 saturated heterocycles. The van der Waals surface area contributed by atoms with E-state index in [0.717, 1.165) is 18.8 Å². The van der Waals surface area contributed by atoms with Gasteiger partial charge in [-0.1, -0.05) is 13.8 Å². The number of amides is 2. The van der Waals surface area contributed by atoms with E-state index in [-0.39, 0.29) is 23.0 Å². The Labute approximate surface area is 201 Å². The van der Waals surface area contributed by atoms with Crippen LogP contribution >= 0.6 is 0 Å². The van der Waals surface area contributed by atoms with Gasteiger partial charge in [0.1, 0.15) is 10.6 Å². The zero-order chi connectivity index (χ0) is 24.9. The molecule has 1 fully saturated rings. The fourth-order valence-corrected chi connectivity index (χ4v) is 5.39. The van der Waals surface area contributed by atoms with Gasteiger partial charge in [-0.2, -0.15) is 4.31 Å². The average Bonchev–Trinajstić information content (AvgIpc) is 3.22. The molecule has 186 valence electrons. The number of hydrogen-bond acceptors (Lipinski definition) is 6. The summed E-state index contributed by atoms with van der Waals surface area (Å²) in [4.78, 5) is 29.0. The molecule has 1 N–H and O–H groups in total. The Morgan fingerprint density at radius 3 is 2.29 bits per heavy atom. The normalized spacial score (nSPS) is 14.3. The average molecular weight is 492 g/mol. The van der Waals surface area contributed by atoms with Crippen molar-refractivity contribution < 1.29 is 22.7 Å². The van der Waals surface area contributed by atoms with Crippen LogP contribution in [-0.2, 0) is 26.6 Å². The lowest BCUT2D eigenvalue weighted by molar-refractivity contribution is -0.116. The molecule has 1 aromatic carbocycles. The van der Waals surface area contributed by atoms with Gasteiger partial charge in [0.25, 0.3) is 5.91 Å². The number of anilines is 2. The van der Waals surface area contributed by atoms with Crippen molar-refractivity contribution in [3.8, 4) is 0 Å². The van der Waals surface area contributed by atoms with Crippen LogP contribution in [0.1, 0.15) is 24.3 Å². The lowest BCUT2D eigenvalue weighted by Crippen LogP contribution is -2.36. The largest absolute Gasteiger partial charge is 0.378 e. The van der Waals surface area contributed by atoms with Crippen molar-refractivity contribution in [2.75, 3.05) is 63.2 Å². The van der Waals surface area contributed by atoms with Gasteiger partial charge in [-0.15, -0.1) is 0 Å². The van der Waals surface area contributed by atoms with Crippen LogP contribution in [0.15, 0.2) is 41.4 Å². The zero-order valence-corrected chi connectivity index (χ0v) is 21.0. The first kappa shape index (κ1) is 25.7. The second-order valence-corrected chi connectivity index (χ2v) is 10.1. The van der Waals surface area contributed by atoms with Crippen LogP contribution in [-0.4, -0.2) is 87.0 Å². The first-order valence-electron chi connectivity index (χ1n) is 11.3. The van der Waals surface area contributed by atoms with Crippen molar-refractivity contribution in [2.45, 2.75) is 18.7 Å². The predicted molar refractivity (Wildman–Crippen MR) is 131 cm³/mol. The molecular weight excluding hydrogens is 458 g/mol. The fraction of sp³-hybridized carbons (Fsp3) is 0.478. The molecule has 2 aromatic rings. The first-order chi connectivity index (χ1) is 16.2. The van der Waals surface area contributed by atoms with Crippen LogP contribution < -0.4 is 10.2 Å². The Bertz CT molecular complexity index is 1100. The molecular formula is C23H33N5O5S. The molecule has 0 aliphatic carbocycles. The Hall–Kier alpha value is -2.89. The van der Waals surface area contributed by atoms with Gasteiger partial charge in [0, 0.05) is 57.8 Å². The van der Waals surface area contributed by atoms with E-state index >= 15 is 0 Å². The second kappa shape index (κ2) is 11.0. The smallest absolute Gasteiger partial charge is 0.270 e. The van der Waals surface area contributed by atoms with Gasteiger partial charge in [0.15, 0.2) is 0 Å². The maximum Gasteiger partial charge on any atom is 0.270 e. The Morgan fingerprint density at radius 2 is 1.71 bits per heavy atom. The third-order valence-corrected chi connectivity index (χ3v) is 7.81. The number of nitrogens with zero attached hydrogens (tertiary/aromatic N) is 4. The van der Waals surface area contributed by atoms with Gasteiger partial charge < -0.3 is 24.4 Å². The van der Waals surface area contributed by atoms with E-state index in [2.05, 4.69) is 10.2 Å². The molecule has 0 unspecified atom stereocenters. The third-order valence-electron chi connectivity index (χ3n) is 5.80. The molecule has 0 spiro atoms. The highest BCUT2D eigenvalue weighted by molar-refractivity contribution is 7.89. The van der Waals surface area contributed by atoms with Crippen LogP contribution in [0.2, 0.25) is 0 Å². The lowest BCUT2D eigenvalue weighted by Gasteiger charge is -2.28.